The molecular weight excluding hydrogens is 188 g/mol. The quantitative estimate of drug-likeness (QED) is 0.762. The predicted octanol–water partition coefficient (Wildman–Crippen LogP) is 2.32. The van der Waals surface area contributed by atoms with E-state index in [-0.39, 0.29) is 6.10 Å². The third-order valence-corrected chi connectivity index (χ3v) is 2.50. The number of fused-ring (bicyclic) bond motifs is 1. The Morgan fingerprint density at radius 3 is 3.00 bits per heavy atom. The molecule has 1 aliphatic carbocycles. The van der Waals surface area contributed by atoms with Gasteiger partial charge in [-0.2, -0.15) is 0 Å². The van der Waals surface area contributed by atoms with Crippen LogP contribution < -0.4 is 0 Å². The van der Waals surface area contributed by atoms with Crippen LogP contribution in [0.25, 0.3) is 6.08 Å². The second-order valence-corrected chi connectivity index (χ2v) is 3.52. The van der Waals surface area contributed by atoms with Crippen LogP contribution in [0.1, 0.15) is 17.2 Å². The largest absolute Gasteiger partial charge is 0.385 e. The fourth-order valence-corrected chi connectivity index (χ4v) is 1.74. The number of ether oxygens (including phenoxy) is 1. The predicted molar refractivity (Wildman–Crippen MR) is 60.4 cm³/mol. The average Bonchev–Trinajstić information content (AvgIpc) is 2.29. The second kappa shape index (κ2) is 4.43. The third-order valence-electron chi connectivity index (χ3n) is 2.50. The summed E-state index contributed by atoms with van der Waals surface area (Å²) in [4.78, 5) is 0. The van der Waals surface area contributed by atoms with Crippen LogP contribution in [-0.2, 0) is 4.74 Å². The van der Waals surface area contributed by atoms with Gasteiger partial charge < -0.3 is 9.84 Å². The molecule has 0 saturated carbocycles. The van der Waals surface area contributed by atoms with Crippen molar-refractivity contribution in [1.82, 2.24) is 0 Å². The number of aliphatic hydroxyl groups excluding tert-OH is 1. The molecule has 0 fully saturated rings. The number of hydrogen-bond acceptors (Lipinski definition) is 2. The van der Waals surface area contributed by atoms with Gasteiger partial charge in [-0.25, -0.2) is 0 Å². The van der Waals surface area contributed by atoms with E-state index in [0.29, 0.717) is 6.61 Å². The highest BCUT2D eigenvalue weighted by molar-refractivity contribution is 5.58. The van der Waals surface area contributed by atoms with Crippen LogP contribution in [0.3, 0.4) is 0 Å². The van der Waals surface area contributed by atoms with E-state index in [9.17, 15) is 5.11 Å². The molecule has 0 bridgehead atoms. The molecule has 0 aliphatic heterocycles. The van der Waals surface area contributed by atoms with Crippen molar-refractivity contribution in [3.63, 3.8) is 0 Å². The highest BCUT2D eigenvalue weighted by Crippen LogP contribution is 2.29. The third kappa shape index (κ3) is 2.01. The van der Waals surface area contributed by atoms with E-state index in [1.807, 2.05) is 36.4 Å². The lowest BCUT2D eigenvalue weighted by atomic mass is 9.93. The lowest BCUT2D eigenvalue weighted by molar-refractivity contribution is -0.000286. The summed E-state index contributed by atoms with van der Waals surface area (Å²) in [6.45, 7) is 4.04. The lowest BCUT2D eigenvalue weighted by Gasteiger charge is -2.25. The van der Waals surface area contributed by atoms with Gasteiger partial charge in [0.2, 0.25) is 0 Å². The molecule has 0 radical (unpaired) electrons. The van der Waals surface area contributed by atoms with Crippen LogP contribution in [0.15, 0.2) is 43.0 Å². The van der Waals surface area contributed by atoms with Crippen molar-refractivity contribution in [3.8, 4) is 0 Å². The number of rotatable bonds is 3. The topological polar surface area (TPSA) is 29.5 Å². The minimum Gasteiger partial charge on any atom is -0.385 e. The van der Waals surface area contributed by atoms with Crippen molar-refractivity contribution < 1.29 is 9.84 Å². The molecule has 0 heterocycles. The molecule has 1 unspecified atom stereocenters. The second-order valence-electron chi connectivity index (χ2n) is 3.52. The van der Waals surface area contributed by atoms with Crippen LogP contribution in [-0.4, -0.2) is 17.8 Å². The molecule has 2 atom stereocenters. The monoisotopic (exact) mass is 202 g/mol. The Kier molecular flexibility index (Phi) is 2.99. The molecule has 0 saturated heterocycles. The highest BCUT2D eigenvalue weighted by atomic mass is 16.5. The van der Waals surface area contributed by atoms with Crippen molar-refractivity contribution in [2.75, 3.05) is 6.61 Å². The summed E-state index contributed by atoms with van der Waals surface area (Å²) in [6, 6.07) is 7.79. The standard InChI is InChI=1S/C13H14O2/c1-2-9-15-12-8-7-10-5-3-4-6-11(10)13(12)14/h2-8,12-14H,1,9H2/t12-,13?/m0/s1. The van der Waals surface area contributed by atoms with Gasteiger partial charge in [0.1, 0.15) is 12.2 Å². The first kappa shape index (κ1) is 10.1. The fourth-order valence-electron chi connectivity index (χ4n) is 1.74. The van der Waals surface area contributed by atoms with Gasteiger partial charge in [-0.3, -0.25) is 0 Å². The van der Waals surface area contributed by atoms with Gasteiger partial charge in [0.15, 0.2) is 0 Å². The summed E-state index contributed by atoms with van der Waals surface area (Å²) >= 11 is 0. The van der Waals surface area contributed by atoms with Gasteiger partial charge in [0.05, 0.1) is 6.61 Å². The Labute approximate surface area is 89.5 Å². The Balaban J connectivity index is 2.21. The highest BCUT2D eigenvalue weighted by Gasteiger charge is 2.23. The van der Waals surface area contributed by atoms with E-state index in [2.05, 4.69) is 6.58 Å². The molecule has 15 heavy (non-hydrogen) atoms. The Morgan fingerprint density at radius 1 is 1.40 bits per heavy atom. The normalized spacial score (nSPS) is 23.5. The molecular formula is C13H14O2. The zero-order valence-electron chi connectivity index (χ0n) is 8.47. The molecule has 1 N–H and O–H groups in total. The molecule has 2 nitrogen and oxygen atoms in total. The first-order valence-corrected chi connectivity index (χ1v) is 5.00. The number of benzene rings is 1. The van der Waals surface area contributed by atoms with Crippen molar-refractivity contribution in [2.24, 2.45) is 0 Å². The minimum absolute atomic E-state index is 0.266. The first-order chi connectivity index (χ1) is 7.33. The fraction of sp³-hybridized carbons (Fsp3) is 0.231. The van der Waals surface area contributed by atoms with Crippen LogP contribution >= 0.6 is 0 Å². The molecule has 78 valence electrons. The van der Waals surface area contributed by atoms with Gasteiger partial charge >= 0.3 is 0 Å². The maximum absolute atomic E-state index is 10.0. The van der Waals surface area contributed by atoms with Gasteiger partial charge in [0, 0.05) is 0 Å². The van der Waals surface area contributed by atoms with E-state index >= 15 is 0 Å². The van der Waals surface area contributed by atoms with E-state index in [1.165, 1.54) is 0 Å². The molecule has 2 rings (SSSR count). The maximum Gasteiger partial charge on any atom is 0.109 e. The summed E-state index contributed by atoms with van der Waals surface area (Å²) < 4.78 is 5.45. The van der Waals surface area contributed by atoms with Crippen molar-refractivity contribution >= 4 is 6.08 Å². The zero-order chi connectivity index (χ0) is 10.7. The summed E-state index contributed by atoms with van der Waals surface area (Å²) in [5, 5.41) is 10.0. The number of hydrogen-bond donors (Lipinski definition) is 1. The zero-order valence-corrected chi connectivity index (χ0v) is 8.47. The molecule has 1 aromatic rings. The molecule has 0 aromatic heterocycles. The molecule has 0 spiro atoms. The van der Waals surface area contributed by atoms with Crippen molar-refractivity contribution in [1.29, 1.82) is 0 Å². The van der Waals surface area contributed by atoms with E-state index < -0.39 is 6.10 Å². The molecule has 1 aromatic carbocycles. The van der Waals surface area contributed by atoms with E-state index in [0.717, 1.165) is 11.1 Å². The molecule has 2 heteroatoms. The summed E-state index contributed by atoms with van der Waals surface area (Å²) in [6.07, 6.45) is 4.71. The molecule has 0 amide bonds. The van der Waals surface area contributed by atoms with Gasteiger partial charge in [-0.15, -0.1) is 6.58 Å². The van der Waals surface area contributed by atoms with Crippen LogP contribution in [0, 0.1) is 0 Å². The SMILES string of the molecule is C=CCO[C@H]1C=Cc2ccccc2C1O. The maximum atomic E-state index is 10.0. The van der Waals surface area contributed by atoms with Gasteiger partial charge in [0.25, 0.3) is 0 Å². The average molecular weight is 202 g/mol. The minimum atomic E-state index is -0.578. The van der Waals surface area contributed by atoms with Crippen molar-refractivity contribution in [2.45, 2.75) is 12.2 Å². The van der Waals surface area contributed by atoms with Crippen LogP contribution in [0.2, 0.25) is 0 Å². The van der Waals surface area contributed by atoms with Gasteiger partial charge in [-0.05, 0) is 11.1 Å². The summed E-state index contributed by atoms with van der Waals surface area (Å²) in [5.74, 6) is 0. The van der Waals surface area contributed by atoms with E-state index in [4.69, 9.17) is 4.74 Å². The summed E-state index contributed by atoms with van der Waals surface area (Å²) in [7, 11) is 0. The smallest absolute Gasteiger partial charge is 0.109 e. The number of aliphatic hydroxyl groups is 1. The Hall–Kier alpha value is -1.38. The van der Waals surface area contributed by atoms with E-state index in [1.54, 1.807) is 6.08 Å². The van der Waals surface area contributed by atoms with Gasteiger partial charge in [-0.1, -0.05) is 42.5 Å². The van der Waals surface area contributed by atoms with Crippen LogP contribution in [0.4, 0.5) is 0 Å². The first-order valence-electron chi connectivity index (χ1n) is 5.00. The van der Waals surface area contributed by atoms with Crippen LogP contribution in [0.5, 0.6) is 0 Å². The Bertz CT molecular complexity index is 382. The van der Waals surface area contributed by atoms with Crippen molar-refractivity contribution in [3.05, 3.63) is 54.1 Å². The summed E-state index contributed by atoms with van der Waals surface area (Å²) in [5.41, 5.74) is 1.98. The Morgan fingerprint density at radius 2 is 2.20 bits per heavy atom. The molecule has 1 aliphatic rings. The lowest BCUT2D eigenvalue weighted by Crippen LogP contribution is -2.23.